The fourth-order valence-corrected chi connectivity index (χ4v) is 5.02. The van der Waals surface area contributed by atoms with E-state index >= 15 is 0 Å². The summed E-state index contributed by atoms with van der Waals surface area (Å²) in [6, 6.07) is 14.6. The second-order valence-corrected chi connectivity index (χ2v) is 10.5. The molecule has 0 aliphatic carbocycles. The summed E-state index contributed by atoms with van der Waals surface area (Å²) in [4.78, 5) is 22.6. The number of benzene rings is 2. The van der Waals surface area contributed by atoms with E-state index in [0.717, 1.165) is 42.6 Å². The van der Waals surface area contributed by atoms with Crippen LogP contribution in [-0.2, 0) is 32.7 Å². The fourth-order valence-electron chi connectivity index (χ4n) is 3.61. The zero-order chi connectivity index (χ0) is 30.5. The second kappa shape index (κ2) is 12.7. The summed E-state index contributed by atoms with van der Waals surface area (Å²) in [7, 11) is 0.540. The number of carboxylic acid groups (broad SMARTS) is 2. The van der Waals surface area contributed by atoms with Crippen molar-refractivity contribution >= 4 is 32.9 Å². The van der Waals surface area contributed by atoms with Gasteiger partial charge in [-0.25, -0.2) is 22.0 Å². The second-order valence-electron chi connectivity index (χ2n) is 8.70. The maximum Gasteiger partial charge on any atom is 0.490 e. The van der Waals surface area contributed by atoms with Crippen LogP contribution in [0, 0.1) is 0 Å². The molecule has 1 aromatic heterocycles. The largest absolute Gasteiger partial charge is 0.490 e. The Morgan fingerprint density at radius 3 is 1.82 bits per heavy atom. The van der Waals surface area contributed by atoms with Crippen LogP contribution in [-0.4, -0.2) is 83.9 Å². The first-order chi connectivity index (χ1) is 18.4. The minimum Gasteiger partial charge on any atom is -0.475 e. The SMILES string of the molecule is CN(C)CCN1Cc2cccc3c2c(cn3S(=O)(=O)c2ccccc2)C1.O=C(O)C(F)(F)F.O=C(O)C(F)(F)F. The van der Waals surface area contributed by atoms with Gasteiger partial charge in [-0.05, 0) is 43.4 Å². The Labute approximate surface area is 224 Å². The van der Waals surface area contributed by atoms with Crippen LogP contribution >= 0.6 is 0 Å². The number of nitrogens with zero attached hydrogens (tertiary/aromatic N) is 3. The summed E-state index contributed by atoms with van der Waals surface area (Å²) in [5, 5.41) is 15.3. The topological polar surface area (TPSA) is 120 Å². The molecule has 2 N–H and O–H groups in total. The van der Waals surface area contributed by atoms with Crippen molar-refractivity contribution in [2.24, 2.45) is 0 Å². The molecule has 1 aliphatic rings. The highest BCUT2D eigenvalue weighted by molar-refractivity contribution is 7.90. The molecule has 0 atom stereocenters. The summed E-state index contributed by atoms with van der Waals surface area (Å²) < 4.78 is 91.2. The highest BCUT2D eigenvalue weighted by Crippen LogP contribution is 2.33. The molecule has 0 amide bonds. The van der Waals surface area contributed by atoms with E-state index in [2.05, 4.69) is 30.0 Å². The molecule has 2 heterocycles. The average Bonchev–Trinajstić information content (AvgIpc) is 3.24. The molecule has 0 radical (unpaired) electrons. The van der Waals surface area contributed by atoms with Crippen molar-refractivity contribution in [3.63, 3.8) is 0 Å². The molecule has 0 spiro atoms. The Morgan fingerprint density at radius 2 is 1.35 bits per heavy atom. The smallest absolute Gasteiger partial charge is 0.475 e. The number of hydrogen-bond donors (Lipinski definition) is 2. The zero-order valence-electron chi connectivity index (χ0n) is 21.1. The summed E-state index contributed by atoms with van der Waals surface area (Å²) >= 11 is 0. The first-order valence-electron chi connectivity index (χ1n) is 11.3. The summed E-state index contributed by atoms with van der Waals surface area (Å²) in [5.41, 5.74) is 3.05. The molecule has 9 nitrogen and oxygen atoms in total. The van der Waals surface area contributed by atoms with Gasteiger partial charge >= 0.3 is 24.3 Å². The molecule has 220 valence electrons. The predicted octanol–water partition coefficient (Wildman–Crippen LogP) is 4.02. The predicted molar refractivity (Wildman–Crippen MR) is 131 cm³/mol. The Bertz CT molecular complexity index is 1410. The van der Waals surface area contributed by atoms with Crippen molar-refractivity contribution in [3.8, 4) is 0 Å². The lowest BCUT2D eigenvalue weighted by Crippen LogP contribution is -2.32. The molecule has 16 heteroatoms. The monoisotopic (exact) mass is 597 g/mol. The third kappa shape index (κ3) is 8.43. The van der Waals surface area contributed by atoms with E-state index in [0.29, 0.717) is 4.90 Å². The molecular weight excluding hydrogens is 572 g/mol. The van der Waals surface area contributed by atoms with Gasteiger partial charge in [0, 0.05) is 37.8 Å². The number of alkyl halides is 6. The van der Waals surface area contributed by atoms with E-state index in [1.54, 1.807) is 30.5 Å². The van der Waals surface area contributed by atoms with Gasteiger partial charge in [0.15, 0.2) is 0 Å². The molecule has 0 saturated heterocycles. The third-order valence-corrected chi connectivity index (χ3v) is 7.08. The summed E-state index contributed by atoms with van der Waals surface area (Å²) in [6.45, 7) is 3.57. The number of rotatable bonds is 5. The van der Waals surface area contributed by atoms with Gasteiger partial charge in [-0.2, -0.15) is 26.3 Å². The maximum atomic E-state index is 13.1. The lowest BCUT2D eigenvalue weighted by molar-refractivity contribution is -0.193. The van der Waals surface area contributed by atoms with Crippen molar-refractivity contribution in [1.29, 1.82) is 0 Å². The molecule has 3 aromatic rings. The average molecular weight is 598 g/mol. The minimum atomic E-state index is -5.08. The van der Waals surface area contributed by atoms with Crippen molar-refractivity contribution in [2.45, 2.75) is 30.3 Å². The van der Waals surface area contributed by atoms with Crippen LogP contribution in [0.25, 0.3) is 10.9 Å². The first kappa shape index (κ1) is 32.6. The Kier molecular flexibility index (Phi) is 10.3. The quantitative estimate of drug-likeness (QED) is 0.424. The van der Waals surface area contributed by atoms with Gasteiger partial charge in [0.25, 0.3) is 10.0 Å². The van der Waals surface area contributed by atoms with E-state index in [4.69, 9.17) is 19.8 Å². The number of aliphatic carboxylic acids is 2. The lowest BCUT2D eigenvalue weighted by Gasteiger charge is -2.28. The number of halogens is 6. The van der Waals surface area contributed by atoms with E-state index < -0.39 is 34.3 Å². The Morgan fingerprint density at radius 1 is 0.850 bits per heavy atom. The normalized spacial score (nSPS) is 13.7. The van der Waals surface area contributed by atoms with Gasteiger partial charge in [-0.3, -0.25) is 4.90 Å². The number of likely N-dealkylation sites (N-methyl/N-ethyl adjacent to an activating group) is 1. The molecule has 40 heavy (non-hydrogen) atoms. The van der Waals surface area contributed by atoms with Crippen LogP contribution in [0.1, 0.15) is 11.1 Å². The minimum absolute atomic E-state index is 0.317. The van der Waals surface area contributed by atoms with Gasteiger partial charge in [-0.15, -0.1) is 0 Å². The Hall–Kier alpha value is -3.63. The number of carboxylic acids is 2. The molecular formula is C24H25F6N3O6S. The van der Waals surface area contributed by atoms with Crippen LogP contribution in [0.15, 0.2) is 59.6 Å². The van der Waals surface area contributed by atoms with Gasteiger partial charge in [0.2, 0.25) is 0 Å². The zero-order valence-corrected chi connectivity index (χ0v) is 21.9. The van der Waals surface area contributed by atoms with Crippen LogP contribution in [0.3, 0.4) is 0 Å². The van der Waals surface area contributed by atoms with Crippen molar-refractivity contribution in [3.05, 3.63) is 65.9 Å². The van der Waals surface area contributed by atoms with Crippen molar-refractivity contribution in [1.82, 2.24) is 13.8 Å². The van der Waals surface area contributed by atoms with Gasteiger partial charge in [0.1, 0.15) is 0 Å². The highest BCUT2D eigenvalue weighted by atomic mass is 32.2. The maximum absolute atomic E-state index is 13.1. The van der Waals surface area contributed by atoms with Crippen LogP contribution < -0.4 is 0 Å². The van der Waals surface area contributed by atoms with E-state index in [1.165, 1.54) is 9.54 Å². The number of aromatic nitrogens is 1. The van der Waals surface area contributed by atoms with Gasteiger partial charge in [-0.1, -0.05) is 30.3 Å². The lowest BCUT2D eigenvalue weighted by atomic mass is 10.0. The molecule has 1 aliphatic heterocycles. The highest BCUT2D eigenvalue weighted by Gasteiger charge is 2.38. The molecule has 2 aromatic carbocycles. The first-order valence-corrected chi connectivity index (χ1v) is 12.7. The molecule has 0 fully saturated rings. The van der Waals surface area contributed by atoms with Crippen molar-refractivity contribution in [2.75, 3.05) is 27.2 Å². The van der Waals surface area contributed by atoms with E-state index in [9.17, 15) is 34.8 Å². The van der Waals surface area contributed by atoms with Crippen LogP contribution in [0.4, 0.5) is 26.3 Å². The molecule has 0 bridgehead atoms. The standard InChI is InChI=1S/C20H23N3O2S.2C2HF3O2/c1-21(2)11-12-22-13-16-7-6-10-19-20(16)17(14-22)15-23(19)26(24,25)18-8-4-3-5-9-18;2*3-2(4,5)1(6)7/h3-10,15H,11-14H2,1-2H3;2*(H,6,7). The van der Waals surface area contributed by atoms with E-state index in [1.807, 2.05) is 18.2 Å². The van der Waals surface area contributed by atoms with Crippen LogP contribution in [0.5, 0.6) is 0 Å². The number of carbonyl (C=O) groups is 2. The summed E-state index contributed by atoms with van der Waals surface area (Å²) in [5.74, 6) is -5.51. The third-order valence-electron chi connectivity index (χ3n) is 5.40. The molecule has 0 unspecified atom stereocenters. The van der Waals surface area contributed by atoms with Crippen LogP contribution in [0.2, 0.25) is 0 Å². The number of hydrogen-bond acceptors (Lipinski definition) is 6. The summed E-state index contributed by atoms with van der Waals surface area (Å²) in [6.07, 6.45) is -8.36. The Balaban J connectivity index is 0.000000333. The molecule has 4 rings (SSSR count). The van der Waals surface area contributed by atoms with Crippen molar-refractivity contribution < 1.29 is 54.6 Å². The van der Waals surface area contributed by atoms with E-state index in [-0.39, 0.29) is 0 Å². The van der Waals surface area contributed by atoms with Gasteiger partial charge < -0.3 is 15.1 Å². The fraction of sp³-hybridized carbons (Fsp3) is 0.333. The molecule has 0 saturated carbocycles. The van der Waals surface area contributed by atoms with Gasteiger partial charge in [0.05, 0.1) is 10.4 Å².